The number of anilines is 1. The number of carbonyl (C=O) groups excluding carboxylic acids is 1. The van der Waals surface area contributed by atoms with Crippen LogP contribution in [0, 0.1) is 5.41 Å². The van der Waals surface area contributed by atoms with Crippen LogP contribution in [0.4, 0.5) is 5.69 Å². The van der Waals surface area contributed by atoms with Crippen molar-refractivity contribution in [3.05, 3.63) is 23.1 Å². The van der Waals surface area contributed by atoms with E-state index in [0.29, 0.717) is 22.9 Å². The lowest BCUT2D eigenvalue weighted by atomic mass is 9.96. The summed E-state index contributed by atoms with van der Waals surface area (Å²) >= 11 is 1.42. The summed E-state index contributed by atoms with van der Waals surface area (Å²) in [6, 6.07) is 5.72. The first-order valence-electron chi connectivity index (χ1n) is 6.85. The number of nitrogen functional groups attached to an aromatic ring is 1. The zero-order valence-corrected chi connectivity index (χ0v) is 14.0. The molecule has 21 heavy (non-hydrogen) atoms. The number of carbonyl (C=O) groups is 1. The molecule has 0 spiro atoms. The number of fused-ring (bicyclic) bond motifs is 1. The number of hydrogen-bond donors (Lipinski definition) is 1. The van der Waals surface area contributed by atoms with Crippen LogP contribution in [0.15, 0.2) is 18.2 Å². The van der Waals surface area contributed by atoms with Crippen LogP contribution in [0.5, 0.6) is 5.75 Å². The van der Waals surface area contributed by atoms with E-state index in [2.05, 4.69) is 20.8 Å². The molecule has 4 nitrogen and oxygen atoms in total. The third-order valence-corrected chi connectivity index (χ3v) is 4.35. The van der Waals surface area contributed by atoms with Gasteiger partial charge in [-0.2, -0.15) is 0 Å². The third kappa shape index (κ3) is 3.13. The van der Waals surface area contributed by atoms with Gasteiger partial charge in [0.05, 0.1) is 18.2 Å². The highest BCUT2D eigenvalue weighted by Gasteiger charge is 2.24. The van der Waals surface area contributed by atoms with Crippen LogP contribution < -0.4 is 10.5 Å². The van der Waals surface area contributed by atoms with Crippen molar-refractivity contribution >= 4 is 33.0 Å². The lowest BCUT2D eigenvalue weighted by Gasteiger charge is -2.26. The van der Waals surface area contributed by atoms with Crippen molar-refractivity contribution in [3.63, 3.8) is 0 Å². The first-order chi connectivity index (χ1) is 9.74. The highest BCUT2D eigenvalue weighted by molar-refractivity contribution is 7.21. The Bertz CT molecular complexity index is 671. The van der Waals surface area contributed by atoms with Crippen molar-refractivity contribution in [2.75, 3.05) is 26.4 Å². The molecular weight excluding hydrogens is 284 g/mol. The molecule has 0 bridgehead atoms. The van der Waals surface area contributed by atoms with Gasteiger partial charge >= 0.3 is 0 Å². The molecule has 0 saturated carbocycles. The first kappa shape index (κ1) is 15.6. The minimum atomic E-state index is -0.0364. The topological polar surface area (TPSA) is 55.6 Å². The molecule has 2 aromatic rings. The third-order valence-electron chi connectivity index (χ3n) is 3.19. The summed E-state index contributed by atoms with van der Waals surface area (Å²) in [7, 11) is 3.42. The Labute approximate surface area is 129 Å². The van der Waals surface area contributed by atoms with Crippen molar-refractivity contribution in [2.24, 2.45) is 5.41 Å². The Balaban J connectivity index is 2.43. The lowest BCUT2D eigenvalue weighted by molar-refractivity contribution is 0.0751. The second-order valence-corrected chi connectivity index (χ2v) is 7.45. The summed E-state index contributed by atoms with van der Waals surface area (Å²) in [6.45, 7) is 6.99. The van der Waals surface area contributed by atoms with Crippen LogP contribution >= 0.6 is 11.3 Å². The highest BCUT2D eigenvalue weighted by Crippen LogP contribution is 2.39. The number of amides is 1. The fourth-order valence-corrected chi connectivity index (χ4v) is 3.56. The molecule has 0 radical (unpaired) electrons. The molecule has 0 aliphatic carbocycles. The summed E-state index contributed by atoms with van der Waals surface area (Å²) in [5.41, 5.74) is 6.76. The Hall–Kier alpha value is -1.75. The monoisotopic (exact) mass is 306 g/mol. The van der Waals surface area contributed by atoms with Gasteiger partial charge in [-0.05, 0) is 17.5 Å². The molecular formula is C16H22N2O2S. The number of nitrogens with zero attached hydrogens (tertiary/aromatic N) is 1. The molecule has 1 heterocycles. The van der Waals surface area contributed by atoms with Gasteiger partial charge in [0.2, 0.25) is 0 Å². The van der Waals surface area contributed by atoms with E-state index >= 15 is 0 Å². The largest absolute Gasteiger partial charge is 0.496 e. The summed E-state index contributed by atoms with van der Waals surface area (Å²) < 4.78 is 6.32. The molecule has 0 atom stereocenters. The van der Waals surface area contributed by atoms with Crippen molar-refractivity contribution in [1.29, 1.82) is 0 Å². The molecule has 1 aromatic heterocycles. The average molecular weight is 306 g/mol. The summed E-state index contributed by atoms with van der Waals surface area (Å²) in [5.74, 6) is 0.671. The maximum atomic E-state index is 12.6. The van der Waals surface area contributed by atoms with Crippen LogP contribution in [-0.2, 0) is 0 Å². The molecule has 0 aliphatic heterocycles. The van der Waals surface area contributed by atoms with Crippen molar-refractivity contribution in [3.8, 4) is 5.75 Å². The predicted octanol–water partition coefficient (Wildman–Crippen LogP) is 3.61. The van der Waals surface area contributed by atoms with E-state index in [-0.39, 0.29) is 11.3 Å². The Morgan fingerprint density at radius 3 is 2.62 bits per heavy atom. The number of rotatable bonds is 3. The van der Waals surface area contributed by atoms with Gasteiger partial charge < -0.3 is 15.4 Å². The first-order valence-corrected chi connectivity index (χ1v) is 7.66. The summed E-state index contributed by atoms with van der Waals surface area (Å²) in [5, 5.41) is 0.831. The molecule has 1 amide bonds. The van der Waals surface area contributed by atoms with Crippen molar-refractivity contribution in [2.45, 2.75) is 20.8 Å². The van der Waals surface area contributed by atoms with E-state index in [1.54, 1.807) is 12.0 Å². The average Bonchev–Trinajstić information content (AvgIpc) is 2.73. The van der Waals surface area contributed by atoms with Gasteiger partial charge in [0.1, 0.15) is 10.6 Å². The quantitative estimate of drug-likeness (QED) is 0.942. The van der Waals surface area contributed by atoms with E-state index in [1.807, 2.05) is 25.2 Å². The molecule has 0 saturated heterocycles. The minimum Gasteiger partial charge on any atom is -0.496 e. The van der Waals surface area contributed by atoms with E-state index < -0.39 is 0 Å². The van der Waals surface area contributed by atoms with Gasteiger partial charge in [-0.3, -0.25) is 4.79 Å². The van der Waals surface area contributed by atoms with Crippen LogP contribution in [0.1, 0.15) is 30.4 Å². The van der Waals surface area contributed by atoms with E-state index in [0.717, 1.165) is 10.1 Å². The maximum Gasteiger partial charge on any atom is 0.265 e. The normalized spacial score (nSPS) is 11.7. The van der Waals surface area contributed by atoms with Crippen LogP contribution in [0.2, 0.25) is 0 Å². The van der Waals surface area contributed by atoms with Gasteiger partial charge in [-0.15, -0.1) is 11.3 Å². The van der Waals surface area contributed by atoms with Crippen LogP contribution in [0.25, 0.3) is 10.1 Å². The van der Waals surface area contributed by atoms with Gasteiger partial charge in [-0.25, -0.2) is 0 Å². The van der Waals surface area contributed by atoms with Crippen molar-refractivity contribution in [1.82, 2.24) is 4.90 Å². The number of nitrogens with two attached hydrogens (primary N) is 1. The lowest BCUT2D eigenvalue weighted by Crippen LogP contribution is -2.34. The maximum absolute atomic E-state index is 12.6. The SMILES string of the molecule is COc1cccc2sc(C(=O)N(C)CC(C)(C)C)c(N)c12. The number of thiophene rings is 1. The molecule has 0 unspecified atom stereocenters. The second kappa shape index (κ2) is 5.56. The van der Waals surface area contributed by atoms with Gasteiger partial charge in [0.15, 0.2) is 0 Å². The molecule has 5 heteroatoms. The fraction of sp³-hybridized carbons (Fsp3) is 0.438. The minimum absolute atomic E-state index is 0.0364. The Morgan fingerprint density at radius 1 is 1.38 bits per heavy atom. The standard InChI is InChI=1S/C16H22N2O2S/c1-16(2,3)9-18(4)15(19)14-13(17)12-10(20-5)7-6-8-11(12)21-14/h6-8H,9,17H2,1-5H3. The van der Waals surface area contributed by atoms with Crippen LogP contribution in [0.3, 0.4) is 0 Å². The second-order valence-electron chi connectivity index (χ2n) is 6.40. The Morgan fingerprint density at radius 2 is 2.05 bits per heavy atom. The summed E-state index contributed by atoms with van der Waals surface area (Å²) in [4.78, 5) is 14.9. The molecule has 2 N–H and O–H groups in total. The number of hydrogen-bond acceptors (Lipinski definition) is 4. The predicted molar refractivity (Wildman–Crippen MR) is 89.2 cm³/mol. The van der Waals surface area contributed by atoms with Gasteiger partial charge in [-0.1, -0.05) is 26.8 Å². The van der Waals surface area contributed by atoms with Gasteiger partial charge in [0.25, 0.3) is 5.91 Å². The molecule has 2 rings (SSSR count). The van der Waals surface area contributed by atoms with Crippen LogP contribution in [-0.4, -0.2) is 31.5 Å². The van der Waals surface area contributed by atoms with E-state index in [9.17, 15) is 4.79 Å². The molecule has 1 aromatic carbocycles. The number of benzene rings is 1. The molecule has 0 fully saturated rings. The highest BCUT2D eigenvalue weighted by atomic mass is 32.1. The number of ether oxygens (including phenoxy) is 1. The van der Waals surface area contributed by atoms with Crippen molar-refractivity contribution < 1.29 is 9.53 Å². The smallest absolute Gasteiger partial charge is 0.265 e. The van der Waals surface area contributed by atoms with Gasteiger partial charge in [0, 0.05) is 18.3 Å². The summed E-state index contributed by atoms with van der Waals surface area (Å²) in [6.07, 6.45) is 0. The zero-order chi connectivity index (χ0) is 15.8. The fourth-order valence-electron chi connectivity index (χ4n) is 2.43. The van der Waals surface area contributed by atoms with E-state index in [4.69, 9.17) is 10.5 Å². The Kier molecular flexibility index (Phi) is 4.14. The zero-order valence-electron chi connectivity index (χ0n) is 13.2. The van der Waals surface area contributed by atoms with E-state index in [1.165, 1.54) is 11.3 Å². The number of methoxy groups -OCH3 is 1. The molecule has 0 aliphatic rings. The molecule has 114 valence electrons.